The van der Waals surface area contributed by atoms with E-state index in [-0.39, 0.29) is 16.9 Å². The molecule has 3 aromatic rings. The van der Waals surface area contributed by atoms with Gasteiger partial charge in [-0.05, 0) is 61.0 Å². The van der Waals surface area contributed by atoms with Crippen molar-refractivity contribution < 1.29 is 22.8 Å². The third-order valence-corrected chi connectivity index (χ3v) is 4.00. The van der Waals surface area contributed by atoms with Crippen molar-refractivity contribution in [1.82, 2.24) is 4.98 Å². The predicted octanol–water partition coefficient (Wildman–Crippen LogP) is 4.91. The van der Waals surface area contributed by atoms with E-state index in [1.165, 1.54) is 18.3 Å². The van der Waals surface area contributed by atoms with E-state index in [1.807, 2.05) is 13.0 Å². The molecule has 8 heteroatoms. The molecule has 0 spiro atoms. The quantitative estimate of drug-likeness (QED) is 0.655. The maximum atomic E-state index is 12.6. The van der Waals surface area contributed by atoms with E-state index in [4.69, 9.17) is 0 Å². The summed E-state index contributed by atoms with van der Waals surface area (Å²) in [6, 6.07) is 14.0. The summed E-state index contributed by atoms with van der Waals surface area (Å²) in [5.74, 6) is -1.06. The van der Waals surface area contributed by atoms with Crippen LogP contribution in [0.2, 0.25) is 0 Å². The topological polar surface area (TPSA) is 71.1 Å². The van der Waals surface area contributed by atoms with Crippen molar-refractivity contribution in [2.24, 2.45) is 0 Å². The van der Waals surface area contributed by atoms with Gasteiger partial charge < -0.3 is 10.6 Å². The predicted molar refractivity (Wildman–Crippen MR) is 103 cm³/mol. The number of aryl methyl sites for hydroxylation is 1. The highest BCUT2D eigenvalue weighted by Gasteiger charge is 2.30. The van der Waals surface area contributed by atoms with Gasteiger partial charge in [-0.2, -0.15) is 13.2 Å². The largest absolute Gasteiger partial charge is 0.416 e. The molecule has 1 aromatic heterocycles. The van der Waals surface area contributed by atoms with Crippen molar-refractivity contribution in [2.45, 2.75) is 13.1 Å². The second kappa shape index (κ2) is 8.14. The number of aromatic nitrogens is 1. The second-order valence-electron chi connectivity index (χ2n) is 6.28. The van der Waals surface area contributed by atoms with Gasteiger partial charge in [0.1, 0.15) is 5.69 Å². The number of nitrogens with one attached hydrogen (secondary N) is 2. The lowest BCUT2D eigenvalue weighted by Crippen LogP contribution is -2.17. The van der Waals surface area contributed by atoms with Crippen molar-refractivity contribution >= 4 is 23.2 Å². The van der Waals surface area contributed by atoms with E-state index in [0.29, 0.717) is 5.69 Å². The molecule has 0 aliphatic heterocycles. The lowest BCUT2D eigenvalue weighted by molar-refractivity contribution is -0.137. The number of hydrogen-bond acceptors (Lipinski definition) is 3. The van der Waals surface area contributed by atoms with Crippen LogP contribution in [-0.4, -0.2) is 16.8 Å². The monoisotopic (exact) mass is 399 g/mol. The third kappa shape index (κ3) is 5.19. The number of hydrogen-bond donors (Lipinski definition) is 2. The number of carbonyl (C=O) groups is 2. The van der Waals surface area contributed by atoms with Gasteiger partial charge in [0, 0.05) is 23.1 Å². The second-order valence-corrected chi connectivity index (χ2v) is 6.28. The van der Waals surface area contributed by atoms with Crippen LogP contribution in [0.25, 0.3) is 0 Å². The minimum Gasteiger partial charge on any atom is -0.322 e. The van der Waals surface area contributed by atoms with E-state index < -0.39 is 23.6 Å². The van der Waals surface area contributed by atoms with Crippen molar-refractivity contribution in [1.29, 1.82) is 0 Å². The number of amides is 2. The van der Waals surface area contributed by atoms with Gasteiger partial charge in [-0.15, -0.1) is 0 Å². The summed E-state index contributed by atoms with van der Waals surface area (Å²) in [5.41, 5.74) is 1.14. The Kier molecular flexibility index (Phi) is 5.63. The summed E-state index contributed by atoms with van der Waals surface area (Å²) in [6.45, 7) is 1.89. The minimum atomic E-state index is -4.46. The van der Waals surface area contributed by atoms with Crippen LogP contribution in [0.5, 0.6) is 0 Å². The highest BCUT2D eigenvalue weighted by atomic mass is 19.4. The molecule has 0 bridgehead atoms. The number of alkyl halides is 3. The van der Waals surface area contributed by atoms with E-state index in [2.05, 4.69) is 15.6 Å². The molecule has 2 amide bonds. The van der Waals surface area contributed by atoms with Crippen molar-refractivity contribution in [3.8, 4) is 0 Å². The lowest BCUT2D eigenvalue weighted by Gasteiger charge is -2.09. The van der Waals surface area contributed by atoms with Crippen LogP contribution in [0.3, 0.4) is 0 Å². The molecular formula is C21H16F3N3O2. The fraction of sp³-hybridized carbons (Fsp3) is 0.0952. The molecule has 2 N–H and O–H groups in total. The number of rotatable bonds is 4. The van der Waals surface area contributed by atoms with Gasteiger partial charge in [-0.25, -0.2) is 0 Å². The molecule has 0 fully saturated rings. The standard InChI is InChI=1S/C21H16F3N3O2/c1-13-3-2-4-17(11-13)27-19(28)14-9-10-25-18(12-14)20(29)26-16-7-5-15(6-8-16)21(22,23)24/h2-12H,1H3,(H,26,29)(H,27,28). The highest BCUT2D eigenvalue weighted by Crippen LogP contribution is 2.29. The zero-order valence-corrected chi connectivity index (χ0v) is 15.2. The van der Waals surface area contributed by atoms with Crippen LogP contribution in [-0.2, 0) is 6.18 Å². The summed E-state index contributed by atoms with van der Waals surface area (Å²) >= 11 is 0. The van der Waals surface area contributed by atoms with E-state index in [0.717, 1.165) is 29.8 Å². The zero-order chi connectivity index (χ0) is 21.0. The van der Waals surface area contributed by atoms with Gasteiger partial charge in [0.15, 0.2) is 0 Å². The molecule has 0 saturated carbocycles. The summed E-state index contributed by atoms with van der Waals surface area (Å²) in [4.78, 5) is 28.7. The highest BCUT2D eigenvalue weighted by molar-refractivity contribution is 6.07. The smallest absolute Gasteiger partial charge is 0.322 e. The molecule has 5 nitrogen and oxygen atoms in total. The molecule has 0 unspecified atom stereocenters. The molecule has 0 saturated heterocycles. The fourth-order valence-corrected chi connectivity index (χ4v) is 2.56. The molecular weight excluding hydrogens is 383 g/mol. The maximum absolute atomic E-state index is 12.6. The first-order chi connectivity index (χ1) is 13.7. The van der Waals surface area contributed by atoms with Gasteiger partial charge in [-0.3, -0.25) is 14.6 Å². The minimum absolute atomic E-state index is 0.0400. The number of halogens is 3. The normalized spacial score (nSPS) is 11.0. The molecule has 29 heavy (non-hydrogen) atoms. The first kappa shape index (κ1) is 20.1. The van der Waals surface area contributed by atoms with Gasteiger partial charge in [0.2, 0.25) is 0 Å². The van der Waals surface area contributed by atoms with Crippen molar-refractivity contribution in [2.75, 3.05) is 10.6 Å². The Labute approximate surface area is 164 Å². The summed E-state index contributed by atoms with van der Waals surface area (Å²) in [5, 5.41) is 5.19. The lowest BCUT2D eigenvalue weighted by atomic mass is 10.1. The maximum Gasteiger partial charge on any atom is 0.416 e. The van der Waals surface area contributed by atoms with Gasteiger partial charge in [0.05, 0.1) is 5.56 Å². The third-order valence-electron chi connectivity index (χ3n) is 4.00. The Bertz CT molecular complexity index is 1050. The zero-order valence-electron chi connectivity index (χ0n) is 15.2. The molecule has 148 valence electrons. The average Bonchev–Trinajstić information content (AvgIpc) is 2.68. The van der Waals surface area contributed by atoms with Gasteiger partial charge in [0.25, 0.3) is 11.8 Å². The number of carbonyl (C=O) groups excluding carboxylic acids is 2. The molecule has 0 radical (unpaired) electrons. The number of nitrogens with zero attached hydrogens (tertiary/aromatic N) is 1. The Morgan fingerprint density at radius 2 is 1.55 bits per heavy atom. The first-order valence-electron chi connectivity index (χ1n) is 8.55. The van der Waals surface area contributed by atoms with Crippen LogP contribution < -0.4 is 10.6 Å². The van der Waals surface area contributed by atoms with Crippen LogP contribution >= 0.6 is 0 Å². The molecule has 3 rings (SSSR count). The average molecular weight is 399 g/mol. The van der Waals surface area contributed by atoms with Crippen LogP contribution in [0, 0.1) is 6.92 Å². The van der Waals surface area contributed by atoms with Gasteiger partial charge in [-0.1, -0.05) is 12.1 Å². The van der Waals surface area contributed by atoms with E-state index in [1.54, 1.807) is 18.2 Å². The summed E-state index contributed by atoms with van der Waals surface area (Å²) < 4.78 is 37.8. The Morgan fingerprint density at radius 3 is 2.21 bits per heavy atom. The number of anilines is 2. The van der Waals surface area contributed by atoms with E-state index >= 15 is 0 Å². The first-order valence-corrected chi connectivity index (χ1v) is 8.55. The molecule has 2 aromatic carbocycles. The van der Waals surface area contributed by atoms with Crippen molar-refractivity contribution in [3.05, 3.63) is 89.2 Å². The molecule has 0 aliphatic rings. The summed E-state index contributed by atoms with van der Waals surface area (Å²) in [6.07, 6.45) is -3.14. The van der Waals surface area contributed by atoms with Crippen LogP contribution in [0.15, 0.2) is 66.9 Å². The number of benzene rings is 2. The molecule has 1 heterocycles. The van der Waals surface area contributed by atoms with Crippen LogP contribution in [0.4, 0.5) is 24.5 Å². The fourth-order valence-electron chi connectivity index (χ4n) is 2.56. The molecule has 0 aliphatic carbocycles. The summed E-state index contributed by atoms with van der Waals surface area (Å²) in [7, 11) is 0. The Balaban J connectivity index is 1.71. The van der Waals surface area contributed by atoms with Crippen LogP contribution in [0.1, 0.15) is 32.0 Å². The van der Waals surface area contributed by atoms with Gasteiger partial charge >= 0.3 is 6.18 Å². The van der Waals surface area contributed by atoms with Crippen molar-refractivity contribution in [3.63, 3.8) is 0 Å². The Morgan fingerprint density at radius 1 is 0.862 bits per heavy atom. The molecule has 0 atom stereocenters. The Hall–Kier alpha value is -3.68. The number of pyridine rings is 1. The van der Waals surface area contributed by atoms with E-state index in [9.17, 15) is 22.8 Å². The SMILES string of the molecule is Cc1cccc(NC(=O)c2ccnc(C(=O)Nc3ccc(C(F)(F)F)cc3)c2)c1.